The Kier molecular flexibility index (Phi) is 5.84. The Hall–Kier alpha value is -2.25. The van der Waals surface area contributed by atoms with E-state index in [1.165, 1.54) is 31.0 Å². The number of carbonyl (C=O) groups excluding carboxylic acids is 1. The number of halogens is 1. The normalized spacial score (nSPS) is 10.2. The maximum atomic E-state index is 12.0. The summed E-state index contributed by atoms with van der Waals surface area (Å²) in [5, 5.41) is 14.2. The second-order valence-electron chi connectivity index (χ2n) is 4.41. The Balaban J connectivity index is 2.05. The first-order valence-corrected chi connectivity index (χ1v) is 7.87. The van der Waals surface area contributed by atoms with Gasteiger partial charge in [-0.05, 0) is 24.3 Å². The number of nitro groups is 1. The van der Waals surface area contributed by atoms with E-state index in [2.05, 4.69) is 5.32 Å². The quantitative estimate of drug-likeness (QED) is 0.483. The van der Waals surface area contributed by atoms with Crippen LogP contribution in [0, 0.1) is 10.1 Å². The summed E-state index contributed by atoms with van der Waals surface area (Å²) >= 11 is 7.27. The van der Waals surface area contributed by atoms with Crippen molar-refractivity contribution in [1.82, 2.24) is 0 Å². The molecule has 0 heterocycles. The van der Waals surface area contributed by atoms with Gasteiger partial charge in [-0.15, -0.1) is 11.8 Å². The van der Waals surface area contributed by atoms with Crippen LogP contribution < -0.4 is 10.1 Å². The van der Waals surface area contributed by atoms with Crippen LogP contribution in [0.15, 0.2) is 47.4 Å². The van der Waals surface area contributed by atoms with Crippen molar-refractivity contribution in [2.24, 2.45) is 0 Å². The second-order valence-corrected chi connectivity index (χ2v) is 5.83. The van der Waals surface area contributed by atoms with Gasteiger partial charge in [0.1, 0.15) is 11.4 Å². The molecule has 0 bridgehead atoms. The monoisotopic (exact) mass is 352 g/mol. The van der Waals surface area contributed by atoms with Gasteiger partial charge in [0.05, 0.1) is 28.9 Å². The zero-order chi connectivity index (χ0) is 16.8. The molecule has 0 aliphatic carbocycles. The topological polar surface area (TPSA) is 81.5 Å². The summed E-state index contributed by atoms with van der Waals surface area (Å²) in [5.74, 6) is 0.0794. The van der Waals surface area contributed by atoms with Crippen molar-refractivity contribution < 1.29 is 14.5 Å². The zero-order valence-corrected chi connectivity index (χ0v) is 13.7. The van der Waals surface area contributed by atoms with Crippen LogP contribution in [-0.2, 0) is 4.79 Å². The van der Waals surface area contributed by atoms with Crippen LogP contribution in [0.4, 0.5) is 11.4 Å². The molecular weight excluding hydrogens is 340 g/mol. The van der Waals surface area contributed by atoms with Crippen molar-refractivity contribution >= 4 is 40.6 Å². The van der Waals surface area contributed by atoms with Gasteiger partial charge in [0, 0.05) is 4.90 Å². The molecule has 6 nitrogen and oxygen atoms in total. The Morgan fingerprint density at radius 1 is 1.35 bits per heavy atom. The number of hydrogen-bond acceptors (Lipinski definition) is 5. The molecule has 2 rings (SSSR count). The maximum absolute atomic E-state index is 12.0. The molecule has 8 heteroatoms. The number of nitro benzene ring substituents is 1. The molecule has 0 aliphatic rings. The van der Waals surface area contributed by atoms with Gasteiger partial charge in [-0.2, -0.15) is 0 Å². The molecule has 0 aliphatic heterocycles. The Bertz CT molecular complexity index is 739. The van der Waals surface area contributed by atoms with E-state index in [1.807, 2.05) is 6.07 Å². The number of anilines is 1. The van der Waals surface area contributed by atoms with Gasteiger partial charge >= 0.3 is 0 Å². The third kappa shape index (κ3) is 4.61. The van der Waals surface area contributed by atoms with Gasteiger partial charge < -0.3 is 10.1 Å². The smallest absolute Gasteiger partial charge is 0.296 e. The van der Waals surface area contributed by atoms with Crippen molar-refractivity contribution in [3.63, 3.8) is 0 Å². The highest BCUT2D eigenvalue weighted by Crippen LogP contribution is 2.30. The average Bonchev–Trinajstić information content (AvgIpc) is 2.54. The summed E-state index contributed by atoms with van der Waals surface area (Å²) in [5.41, 5.74) is -0.0963. The van der Waals surface area contributed by atoms with Gasteiger partial charge in [0.2, 0.25) is 5.91 Å². The lowest BCUT2D eigenvalue weighted by atomic mass is 10.2. The van der Waals surface area contributed by atoms with Crippen molar-refractivity contribution in [3.05, 3.63) is 57.6 Å². The summed E-state index contributed by atoms with van der Waals surface area (Å²) < 4.78 is 4.95. The third-order valence-electron chi connectivity index (χ3n) is 2.87. The number of methoxy groups -OCH3 is 1. The summed E-state index contributed by atoms with van der Waals surface area (Å²) in [6, 6.07) is 11.4. The minimum Gasteiger partial charge on any atom is -0.496 e. The number of hydrogen-bond donors (Lipinski definition) is 1. The van der Waals surface area contributed by atoms with Crippen molar-refractivity contribution in [3.8, 4) is 5.75 Å². The van der Waals surface area contributed by atoms with Crippen LogP contribution in [0.1, 0.15) is 0 Å². The average molecular weight is 353 g/mol. The number of nitrogens with one attached hydrogen (secondary N) is 1. The molecule has 0 saturated carbocycles. The molecule has 2 aromatic carbocycles. The van der Waals surface area contributed by atoms with Crippen molar-refractivity contribution in [2.45, 2.75) is 4.90 Å². The van der Waals surface area contributed by atoms with Crippen LogP contribution in [0.5, 0.6) is 5.75 Å². The molecule has 0 spiro atoms. The van der Waals surface area contributed by atoms with E-state index >= 15 is 0 Å². The molecule has 2 aromatic rings. The highest BCUT2D eigenvalue weighted by molar-refractivity contribution is 8.00. The predicted octanol–water partition coefficient (Wildman–Crippen LogP) is 3.99. The van der Waals surface area contributed by atoms with E-state index in [0.717, 1.165) is 4.90 Å². The minimum absolute atomic E-state index is 0.0902. The molecule has 1 amide bonds. The van der Waals surface area contributed by atoms with Gasteiger partial charge in [0.25, 0.3) is 5.69 Å². The van der Waals surface area contributed by atoms with Crippen LogP contribution >= 0.6 is 23.4 Å². The lowest BCUT2D eigenvalue weighted by Gasteiger charge is -2.08. The standard InChI is InChI=1S/C15H13ClN2O4S/c1-22-10-6-7-12(13(8-10)18(20)21)17-15(19)9-23-14-5-3-2-4-11(14)16/h2-8H,9H2,1H3,(H,17,19). The summed E-state index contributed by atoms with van der Waals surface area (Å²) in [6.07, 6.45) is 0. The van der Waals surface area contributed by atoms with Crippen molar-refractivity contribution in [1.29, 1.82) is 0 Å². The fraction of sp³-hybridized carbons (Fsp3) is 0.133. The SMILES string of the molecule is COc1ccc(NC(=O)CSc2ccccc2Cl)c([N+](=O)[O-])c1. The Morgan fingerprint density at radius 3 is 2.74 bits per heavy atom. The molecular formula is C15H13ClN2O4S. The Labute approximate surface area is 141 Å². The minimum atomic E-state index is -0.570. The van der Waals surface area contributed by atoms with Crippen LogP contribution in [0.2, 0.25) is 5.02 Å². The molecule has 0 radical (unpaired) electrons. The van der Waals surface area contributed by atoms with E-state index < -0.39 is 4.92 Å². The second kappa shape index (κ2) is 7.85. The predicted molar refractivity (Wildman–Crippen MR) is 90.5 cm³/mol. The fourth-order valence-electron chi connectivity index (χ4n) is 1.79. The lowest BCUT2D eigenvalue weighted by Crippen LogP contribution is -2.15. The summed E-state index contributed by atoms with van der Waals surface area (Å²) in [4.78, 5) is 23.3. The van der Waals surface area contributed by atoms with Gasteiger partial charge in [-0.3, -0.25) is 14.9 Å². The number of rotatable bonds is 6. The summed E-state index contributed by atoms with van der Waals surface area (Å²) in [7, 11) is 1.41. The zero-order valence-electron chi connectivity index (χ0n) is 12.1. The first kappa shape index (κ1) is 17.1. The van der Waals surface area contributed by atoms with Crippen LogP contribution in [-0.4, -0.2) is 23.7 Å². The number of nitrogens with zero attached hydrogens (tertiary/aromatic N) is 1. The van der Waals surface area contributed by atoms with E-state index in [0.29, 0.717) is 10.8 Å². The molecule has 120 valence electrons. The molecule has 0 saturated heterocycles. The first-order valence-electron chi connectivity index (χ1n) is 6.51. The molecule has 23 heavy (non-hydrogen) atoms. The van der Waals surface area contributed by atoms with Crippen molar-refractivity contribution in [2.75, 3.05) is 18.2 Å². The van der Waals surface area contributed by atoms with Crippen LogP contribution in [0.25, 0.3) is 0 Å². The highest BCUT2D eigenvalue weighted by atomic mass is 35.5. The molecule has 0 aromatic heterocycles. The van der Waals surface area contributed by atoms with Gasteiger partial charge in [0.15, 0.2) is 0 Å². The van der Waals surface area contributed by atoms with E-state index in [-0.39, 0.29) is 23.0 Å². The van der Waals surface area contributed by atoms with E-state index in [9.17, 15) is 14.9 Å². The van der Waals surface area contributed by atoms with Gasteiger partial charge in [-0.25, -0.2) is 0 Å². The van der Waals surface area contributed by atoms with E-state index in [1.54, 1.807) is 24.3 Å². The maximum Gasteiger partial charge on any atom is 0.296 e. The summed E-state index contributed by atoms with van der Waals surface area (Å²) in [6.45, 7) is 0. The Morgan fingerprint density at radius 2 is 2.09 bits per heavy atom. The number of thioether (sulfide) groups is 1. The third-order valence-corrected chi connectivity index (χ3v) is 4.39. The molecule has 0 fully saturated rings. The van der Waals surface area contributed by atoms with Crippen LogP contribution in [0.3, 0.4) is 0 Å². The number of amides is 1. The van der Waals surface area contributed by atoms with Gasteiger partial charge in [-0.1, -0.05) is 23.7 Å². The fourth-order valence-corrected chi connectivity index (χ4v) is 2.83. The first-order chi connectivity index (χ1) is 11.0. The largest absolute Gasteiger partial charge is 0.496 e. The lowest BCUT2D eigenvalue weighted by molar-refractivity contribution is -0.384. The molecule has 0 atom stereocenters. The van der Waals surface area contributed by atoms with E-state index in [4.69, 9.17) is 16.3 Å². The number of ether oxygens (including phenoxy) is 1. The molecule has 0 unspecified atom stereocenters. The molecule has 1 N–H and O–H groups in total. The highest BCUT2D eigenvalue weighted by Gasteiger charge is 2.17. The number of carbonyl (C=O) groups is 1. The number of benzene rings is 2.